The predicted molar refractivity (Wildman–Crippen MR) is 105 cm³/mol. The zero-order valence-corrected chi connectivity index (χ0v) is 16.5. The Morgan fingerprint density at radius 3 is 2.27 bits per heavy atom. The molecule has 2 N–H and O–H groups in total. The van der Waals surface area contributed by atoms with Gasteiger partial charge in [0, 0.05) is 18.7 Å². The van der Waals surface area contributed by atoms with Gasteiger partial charge in [0.15, 0.2) is 0 Å². The number of benzene rings is 2. The normalized spacial score (nSPS) is 11.6. The van der Waals surface area contributed by atoms with Gasteiger partial charge >= 0.3 is 0 Å². The quantitative estimate of drug-likeness (QED) is 0.775. The van der Waals surface area contributed by atoms with Crippen molar-refractivity contribution in [2.75, 3.05) is 11.9 Å². The van der Waals surface area contributed by atoms with E-state index in [1.54, 1.807) is 19.1 Å². The number of anilines is 1. The first kappa shape index (κ1) is 20.1. The SMILES string of the molecule is Cc1ccc(S(=O)(=O)NCCC(=O)Nc2ccc(C(C)C)cc2)c(C)c1. The molecule has 6 heteroatoms. The zero-order chi connectivity index (χ0) is 19.3. The van der Waals surface area contributed by atoms with Crippen LogP contribution in [0.5, 0.6) is 0 Å². The number of rotatable bonds is 7. The second-order valence-electron chi connectivity index (χ2n) is 6.74. The number of sulfonamides is 1. The average Bonchev–Trinajstić information content (AvgIpc) is 2.54. The molecule has 0 unspecified atom stereocenters. The number of carbonyl (C=O) groups is 1. The van der Waals surface area contributed by atoms with E-state index in [-0.39, 0.29) is 23.8 Å². The fraction of sp³-hybridized carbons (Fsp3) is 0.350. The van der Waals surface area contributed by atoms with Crippen molar-refractivity contribution in [2.24, 2.45) is 0 Å². The lowest BCUT2D eigenvalue weighted by Gasteiger charge is -2.11. The topological polar surface area (TPSA) is 75.3 Å². The molecule has 0 heterocycles. The highest BCUT2D eigenvalue weighted by molar-refractivity contribution is 7.89. The van der Waals surface area contributed by atoms with Crippen LogP contribution in [-0.4, -0.2) is 20.9 Å². The molecule has 0 aliphatic rings. The zero-order valence-electron chi connectivity index (χ0n) is 15.7. The maximum Gasteiger partial charge on any atom is 0.240 e. The van der Waals surface area contributed by atoms with Crippen molar-refractivity contribution in [3.05, 3.63) is 59.2 Å². The van der Waals surface area contributed by atoms with Gasteiger partial charge in [-0.25, -0.2) is 13.1 Å². The van der Waals surface area contributed by atoms with Gasteiger partial charge in [-0.15, -0.1) is 0 Å². The summed E-state index contributed by atoms with van der Waals surface area (Å²) in [5.74, 6) is 0.199. The maximum absolute atomic E-state index is 12.4. The fourth-order valence-corrected chi connectivity index (χ4v) is 3.91. The molecule has 0 fully saturated rings. The van der Waals surface area contributed by atoms with Crippen LogP contribution in [0.1, 0.15) is 42.9 Å². The minimum atomic E-state index is -3.62. The Balaban J connectivity index is 1.89. The molecule has 2 aromatic rings. The van der Waals surface area contributed by atoms with Crippen molar-refractivity contribution in [3.63, 3.8) is 0 Å². The highest BCUT2D eigenvalue weighted by atomic mass is 32.2. The second kappa shape index (κ2) is 8.47. The summed E-state index contributed by atoms with van der Waals surface area (Å²) >= 11 is 0. The van der Waals surface area contributed by atoms with Crippen molar-refractivity contribution < 1.29 is 13.2 Å². The van der Waals surface area contributed by atoms with E-state index >= 15 is 0 Å². The van der Waals surface area contributed by atoms with E-state index in [1.165, 1.54) is 5.56 Å². The molecule has 0 bridgehead atoms. The number of hydrogen-bond acceptors (Lipinski definition) is 3. The highest BCUT2D eigenvalue weighted by Gasteiger charge is 2.16. The van der Waals surface area contributed by atoms with E-state index in [1.807, 2.05) is 37.3 Å². The third kappa shape index (κ3) is 5.41. The number of carbonyl (C=O) groups excluding carboxylic acids is 1. The van der Waals surface area contributed by atoms with Crippen LogP contribution in [0, 0.1) is 13.8 Å². The monoisotopic (exact) mass is 374 g/mol. The van der Waals surface area contributed by atoms with Gasteiger partial charge in [0.1, 0.15) is 0 Å². The molecule has 0 radical (unpaired) electrons. The first-order valence-electron chi connectivity index (χ1n) is 8.66. The molecule has 0 aliphatic heterocycles. The molecule has 26 heavy (non-hydrogen) atoms. The summed E-state index contributed by atoms with van der Waals surface area (Å²) in [6.45, 7) is 7.93. The average molecular weight is 375 g/mol. The van der Waals surface area contributed by atoms with Crippen LogP contribution in [0.3, 0.4) is 0 Å². The minimum absolute atomic E-state index is 0.0472. The van der Waals surface area contributed by atoms with Crippen molar-refractivity contribution in [3.8, 4) is 0 Å². The summed E-state index contributed by atoms with van der Waals surface area (Å²) in [7, 11) is -3.62. The van der Waals surface area contributed by atoms with Crippen LogP contribution in [0.2, 0.25) is 0 Å². The molecule has 2 aromatic carbocycles. The van der Waals surface area contributed by atoms with Crippen molar-refractivity contribution >= 4 is 21.6 Å². The number of aryl methyl sites for hydroxylation is 2. The second-order valence-corrected chi connectivity index (χ2v) is 8.48. The Morgan fingerprint density at radius 2 is 1.69 bits per heavy atom. The lowest BCUT2D eigenvalue weighted by atomic mass is 10.0. The summed E-state index contributed by atoms with van der Waals surface area (Å²) in [6.07, 6.45) is 0.0655. The van der Waals surface area contributed by atoms with Gasteiger partial charge < -0.3 is 5.32 Å². The van der Waals surface area contributed by atoms with Gasteiger partial charge in [-0.3, -0.25) is 4.79 Å². The molecule has 1 amide bonds. The van der Waals surface area contributed by atoms with Gasteiger partial charge in [0.05, 0.1) is 4.90 Å². The van der Waals surface area contributed by atoms with E-state index in [0.717, 1.165) is 5.56 Å². The summed E-state index contributed by atoms with van der Waals surface area (Å²) in [5.41, 5.74) is 3.59. The van der Waals surface area contributed by atoms with Crippen LogP contribution in [-0.2, 0) is 14.8 Å². The van der Waals surface area contributed by atoms with Gasteiger partial charge in [-0.05, 0) is 49.1 Å². The molecule has 2 rings (SSSR count). The highest BCUT2D eigenvalue weighted by Crippen LogP contribution is 2.18. The lowest BCUT2D eigenvalue weighted by molar-refractivity contribution is -0.116. The Labute approximate surface area is 155 Å². The third-order valence-corrected chi connectivity index (χ3v) is 5.75. The van der Waals surface area contributed by atoms with Crippen LogP contribution in [0.15, 0.2) is 47.4 Å². The Bertz CT molecular complexity index is 872. The molecule has 0 atom stereocenters. The first-order chi connectivity index (χ1) is 12.2. The smallest absolute Gasteiger partial charge is 0.240 e. The minimum Gasteiger partial charge on any atom is -0.326 e. The molecule has 140 valence electrons. The molecule has 0 spiro atoms. The predicted octanol–water partition coefficient (Wildman–Crippen LogP) is 3.73. The van der Waals surface area contributed by atoms with E-state index in [0.29, 0.717) is 17.2 Å². The Morgan fingerprint density at radius 1 is 1.04 bits per heavy atom. The molecule has 0 aliphatic carbocycles. The maximum atomic E-state index is 12.4. The molecular weight excluding hydrogens is 348 g/mol. The largest absolute Gasteiger partial charge is 0.326 e. The van der Waals surface area contributed by atoms with Crippen LogP contribution < -0.4 is 10.0 Å². The van der Waals surface area contributed by atoms with Crippen molar-refractivity contribution in [2.45, 2.75) is 44.9 Å². The van der Waals surface area contributed by atoms with E-state index in [4.69, 9.17) is 0 Å². The van der Waals surface area contributed by atoms with Crippen LogP contribution in [0.25, 0.3) is 0 Å². The van der Waals surface area contributed by atoms with Gasteiger partial charge in [0.2, 0.25) is 15.9 Å². The van der Waals surface area contributed by atoms with E-state index in [2.05, 4.69) is 23.9 Å². The molecular formula is C20H26N2O3S. The first-order valence-corrected chi connectivity index (χ1v) is 10.1. The summed E-state index contributed by atoms with van der Waals surface area (Å²) in [5, 5.41) is 2.78. The summed E-state index contributed by atoms with van der Waals surface area (Å²) < 4.78 is 27.2. The van der Waals surface area contributed by atoms with Gasteiger partial charge in [0.25, 0.3) is 0 Å². The molecule has 5 nitrogen and oxygen atoms in total. The standard InChI is InChI=1S/C20H26N2O3S/c1-14(2)17-6-8-18(9-7-17)22-20(23)11-12-21-26(24,25)19-10-5-15(3)13-16(19)4/h5-10,13-14,21H,11-12H2,1-4H3,(H,22,23). The summed E-state index contributed by atoms with van der Waals surface area (Å²) in [6, 6.07) is 12.8. The van der Waals surface area contributed by atoms with Gasteiger partial charge in [-0.2, -0.15) is 0 Å². The lowest BCUT2D eigenvalue weighted by Crippen LogP contribution is -2.28. The summed E-state index contributed by atoms with van der Waals surface area (Å²) in [4.78, 5) is 12.3. The Hall–Kier alpha value is -2.18. The fourth-order valence-electron chi connectivity index (χ4n) is 2.65. The number of hydrogen-bond donors (Lipinski definition) is 2. The third-order valence-electron chi connectivity index (χ3n) is 4.13. The Kier molecular flexibility index (Phi) is 6.56. The number of nitrogens with one attached hydrogen (secondary N) is 2. The molecule has 0 saturated carbocycles. The van der Waals surface area contributed by atoms with E-state index < -0.39 is 10.0 Å². The van der Waals surface area contributed by atoms with Crippen molar-refractivity contribution in [1.82, 2.24) is 4.72 Å². The van der Waals surface area contributed by atoms with E-state index in [9.17, 15) is 13.2 Å². The molecule has 0 saturated heterocycles. The number of amides is 1. The molecule has 0 aromatic heterocycles. The van der Waals surface area contributed by atoms with Crippen molar-refractivity contribution in [1.29, 1.82) is 0 Å². The van der Waals surface area contributed by atoms with Crippen LogP contribution in [0.4, 0.5) is 5.69 Å². The van der Waals surface area contributed by atoms with Crippen LogP contribution >= 0.6 is 0 Å². The van der Waals surface area contributed by atoms with Gasteiger partial charge in [-0.1, -0.05) is 43.7 Å².